The van der Waals surface area contributed by atoms with E-state index in [0.29, 0.717) is 4.90 Å². The number of rotatable bonds is 5. The smallest absolute Gasteiger partial charge is 0.238 e. The number of carbonyl (C=O) groups is 1. The van der Waals surface area contributed by atoms with Crippen LogP contribution in [0.3, 0.4) is 0 Å². The maximum atomic E-state index is 13.4. The first kappa shape index (κ1) is 15.0. The van der Waals surface area contributed by atoms with E-state index in [1.54, 1.807) is 0 Å². The monoisotopic (exact) mass is 319 g/mol. The summed E-state index contributed by atoms with van der Waals surface area (Å²) in [6.45, 7) is 0. The van der Waals surface area contributed by atoms with Crippen LogP contribution in [0.25, 0.3) is 0 Å². The van der Waals surface area contributed by atoms with Crippen LogP contribution in [0, 0.1) is 11.6 Å². The van der Waals surface area contributed by atoms with E-state index in [1.165, 1.54) is 17.8 Å². The highest BCUT2D eigenvalue weighted by Crippen LogP contribution is 2.36. The topological polar surface area (TPSA) is 29.1 Å². The Kier molecular flexibility index (Phi) is 4.43. The van der Waals surface area contributed by atoms with E-state index in [2.05, 4.69) is 5.32 Å². The van der Waals surface area contributed by atoms with Gasteiger partial charge in [-0.05, 0) is 36.6 Å². The second-order valence-electron chi connectivity index (χ2n) is 5.27. The van der Waals surface area contributed by atoms with Gasteiger partial charge >= 0.3 is 0 Å². The van der Waals surface area contributed by atoms with Gasteiger partial charge in [-0.25, -0.2) is 8.78 Å². The van der Waals surface area contributed by atoms with Crippen LogP contribution in [0.4, 0.5) is 8.78 Å². The highest BCUT2D eigenvalue weighted by molar-refractivity contribution is 8.00. The predicted molar refractivity (Wildman–Crippen MR) is 82.6 cm³/mol. The van der Waals surface area contributed by atoms with E-state index in [9.17, 15) is 13.6 Å². The minimum atomic E-state index is -0.903. The zero-order valence-corrected chi connectivity index (χ0v) is 12.6. The van der Waals surface area contributed by atoms with Crippen molar-refractivity contribution >= 4 is 17.7 Å². The summed E-state index contributed by atoms with van der Waals surface area (Å²) >= 11 is 1.22. The molecule has 22 heavy (non-hydrogen) atoms. The molecule has 1 amide bonds. The van der Waals surface area contributed by atoms with Crippen LogP contribution in [0.5, 0.6) is 0 Å². The second kappa shape index (κ2) is 6.48. The van der Waals surface area contributed by atoms with Crippen LogP contribution in [-0.4, -0.2) is 11.9 Å². The summed E-state index contributed by atoms with van der Waals surface area (Å²) in [6, 6.07) is 13.3. The number of thioether (sulfide) groups is 1. The summed E-state index contributed by atoms with van der Waals surface area (Å²) in [5, 5.41) is 2.49. The highest BCUT2D eigenvalue weighted by atomic mass is 32.2. The minimum Gasteiger partial charge on any atom is -0.352 e. The molecule has 0 radical (unpaired) electrons. The molecule has 0 bridgehead atoms. The molecule has 0 heterocycles. The molecule has 1 N–H and O–H groups in total. The summed E-state index contributed by atoms with van der Waals surface area (Å²) in [4.78, 5) is 13.0. The molecule has 114 valence electrons. The predicted octanol–water partition coefficient (Wildman–Crippen LogP) is 4.08. The van der Waals surface area contributed by atoms with Crippen molar-refractivity contribution < 1.29 is 13.6 Å². The molecular weight excluding hydrogens is 304 g/mol. The van der Waals surface area contributed by atoms with Crippen LogP contribution >= 0.6 is 11.8 Å². The molecule has 0 aliphatic heterocycles. The SMILES string of the molecule is O=C(NC1CC1)[C@H](Sc1ccc(F)c(F)c1)c1ccccc1. The van der Waals surface area contributed by atoms with Gasteiger partial charge in [-0.15, -0.1) is 11.8 Å². The van der Waals surface area contributed by atoms with Crippen molar-refractivity contribution in [2.24, 2.45) is 0 Å². The first-order valence-corrected chi connectivity index (χ1v) is 7.98. The molecule has 0 aromatic heterocycles. The Hall–Kier alpha value is -1.88. The van der Waals surface area contributed by atoms with Crippen molar-refractivity contribution in [3.63, 3.8) is 0 Å². The lowest BCUT2D eigenvalue weighted by atomic mass is 10.1. The van der Waals surface area contributed by atoms with Crippen LogP contribution in [-0.2, 0) is 4.79 Å². The maximum Gasteiger partial charge on any atom is 0.238 e. The average Bonchev–Trinajstić information content (AvgIpc) is 3.33. The number of benzene rings is 2. The van der Waals surface area contributed by atoms with E-state index in [-0.39, 0.29) is 11.9 Å². The highest BCUT2D eigenvalue weighted by Gasteiger charge is 2.29. The fourth-order valence-corrected chi connectivity index (χ4v) is 3.15. The molecule has 2 aromatic rings. The van der Waals surface area contributed by atoms with E-state index in [1.807, 2.05) is 30.3 Å². The number of halogens is 2. The van der Waals surface area contributed by atoms with Crippen molar-refractivity contribution in [1.82, 2.24) is 5.32 Å². The quantitative estimate of drug-likeness (QED) is 0.842. The van der Waals surface area contributed by atoms with Gasteiger partial charge in [-0.2, -0.15) is 0 Å². The number of hydrogen-bond donors (Lipinski definition) is 1. The van der Waals surface area contributed by atoms with Crippen LogP contribution in [0.1, 0.15) is 23.7 Å². The third-order valence-corrected chi connectivity index (χ3v) is 4.66. The summed E-state index contributed by atoms with van der Waals surface area (Å²) in [7, 11) is 0. The molecular formula is C17H15F2NOS. The first-order chi connectivity index (χ1) is 10.6. The van der Waals surface area contributed by atoms with Crippen molar-refractivity contribution in [3.8, 4) is 0 Å². The van der Waals surface area contributed by atoms with Gasteiger partial charge in [-0.1, -0.05) is 30.3 Å². The third kappa shape index (κ3) is 3.65. The summed E-state index contributed by atoms with van der Waals surface area (Å²) < 4.78 is 26.4. The van der Waals surface area contributed by atoms with Gasteiger partial charge in [0.2, 0.25) is 5.91 Å². The summed E-state index contributed by atoms with van der Waals surface area (Å²) in [5.41, 5.74) is 0.843. The Morgan fingerprint density at radius 3 is 2.45 bits per heavy atom. The van der Waals surface area contributed by atoms with Crippen molar-refractivity contribution in [3.05, 3.63) is 65.7 Å². The van der Waals surface area contributed by atoms with Gasteiger partial charge in [0.15, 0.2) is 11.6 Å². The van der Waals surface area contributed by atoms with Crippen molar-refractivity contribution in [2.45, 2.75) is 29.0 Å². The number of hydrogen-bond acceptors (Lipinski definition) is 2. The largest absolute Gasteiger partial charge is 0.352 e. The average molecular weight is 319 g/mol. The summed E-state index contributed by atoms with van der Waals surface area (Å²) in [5.74, 6) is -1.88. The zero-order chi connectivity index (χ0) is 15.5. The summed E-state index contributed by atoms with van der Waals surface area (Å²) in [6.07, 6.45) is 2.01. The standard InChI is InChI=1S/C17H15F2NOS/c18-14-9-8-13(10-15(14)19)22-16(11-4-2-1-3-5-11)17(21)20-12-6-7-12/h1-5,8-10,12,16H,6-7H2,(H,20,21)/t16-/m1/s1. The minimum absolute atomic E-state index is 0.0940. The van der Waals surface area contributed by atoms with Gasteiger partial charge in [0.1, 0.15) is 5.25 Å². The fraction of sp³-hybridized carbons (Fsp3) is 0.235. The Morgan fingerprint density at radius 1 is 1.09 bits per heavy atom. The van der Waals surface area contributed by atoms with E-state index >= 15 is 0 Å². The number of carbonyl (C=O) groups excluding carboxylic acids is 1. The molecule has 1 aliphatic rings. The molecule has 1 saturated carbocycles. The van der Waals surface area contributed by atoms with Gasteiger partial charge < -0.3 is 5.32 Å². The molecule has 1 fully saturated rings. The van der Waals surface area contributed by atoms with Crippen LogP contribution < -0.4 is 5.32 Å². The van der Waals surface area contributed by atoms with Crippen molar-refractivity contribution in [1.29, 1.82) is 0 Å². The van der Waals surface area contributed by atoms with Crippen LogP contribution in [0.2, 0.25) is 0 Å². The van der Waals surface area contributed by atoms with Crippen LogP contribution in [0.15, 0.2) is 53.4 Å². The molecule has 2 nitrogen and oxygen atoms in total. The lowest BCUT2D eigenvalue weighted by Crippen LogP contribution is -2.29. The molecule has 1 atom stereocenters. The maximum absolute atomic E-state index is 13.4. The van der Waals surface area contributed by atoms with E-state index in [4.69, 9.17) is 0 Å². The Bertz CT molecular complexity index is 674. The number of nitrogens with one attached hydrogen (secondary N) is 1. The molecule has 2 aromatic carbocycles. The van der Waals surface area contributed by atoms with Gasteiger partial charge in [-0.3, -0.25) is 4.79 Å². The molecule has 0 spiro atoms. The lowest BCUT2D eigenvalue weighted by Gasteiger charge is -2.17. The molecule has 0 saturated heterocycles. The normalized spacial score (nSPS) is 15.4. The number of amides is 1. The Morgan fingerprint density at radius 2 is 1.82 bits per heavy atom. The first-order valence-electron chi connectivity index (χ1n) is 7.10. The Balaban J connectivity index is 1.83. The molecule has 3 rings (SSSR count). The van der Waals surface area contributed by atoms with Gasteiger partial charge in [0.05, 0.1) is 0 Å². The third-order valence-electron chi connectivity index (χ3n) is 3.41. The molecule has 5 heteroatoms. The Labute approximate surface area is 131 Å². The zero-order valence-electron chi connectivity index (χ0n) is 11.8. The molecule has 0 unspecified atom stereocenters. The van der Waals surface area contributed by atoms with E-state index in [0.717, 1.165) is 30.5 Å². The molecule has 1 aliphatic carbocycles. The van der Waals surface area contributed by atoms with Gasteiger partial charge in [0.25, 0.3) is 0 Å². The van der Waals surface area contributed by atoms with E-state index < -0.39 is 16.9 Å². The van der Waals surface area contributed by atoms with Gasteiger partial charge in [0, 0.05) is 10.9 Å². The fourth-order valence-electron chi connectivity index (χ4n) is 2.09. The lowest BCUT2D eigenvalue weighted by molar-refractivity contribution is -0.120. The van der Waals surface area contributed by atoms with Crippen molar-refractivity contribution in [2.75, 3.05) is 0 Å². The second-order valence-corrected chi connectivity index (χ2v) is 6.45.